The molecule has 0 spiro atoms. The number of halogens is 2. The Morgan fingerprint density at radius 3 is 2.40 bits per heavy atom. The number of ether oxygens (including phenoxy) is 2. The van der Waals surface area contributed by atoms with Gasteiger partial charge >= 0.3 is 5.97 Å². The van der Waals surface area contributed by atoms with E-state index >= 15 is 0 Å². The first kappa shape index (κ1) is 21.3. The molecule has 0 N–H and O–H groups in total. The van der Waals surface area contributed by atoms with Crippen LogP contribution in [-0.4, -0.2) is 12.6 Å². The van der Waals surface area contributed by atoms with Crippen molar-refractivity contribution in [2.45, 2.75) is 13.3 Å². The first-order valence-corrected chi connectivity index (χ1v) is 10.00. The Bertz CT molecular complexity index is 1030. The van der Waals surface area contributed by atoms with Crippen molar-refractivity contribution in [1.82, 2.24) is 0 Å². The van der Waals surface area contributed by atoms with Crippen LogP contribution >= 0.6 is 11.3 Å². The lowest BCUT2D eigenvalue weighted by atomic mass is 10.3. The van der Waals surface area contributed by atoms with Gasteiger partial charge in [-0.1, -0.05) is 13.0 Å². The second-order valence-electron chi connectivity index (χ2n) is 6.05. The fraction of sp³-hybridized carbons (Fsp3) is 0.136. The number of rotatable bonds is 8. The molecule has 1 heterocycles. The molecule has 0 fully saturated rings. The van der Waals surface area contributed by atoms with Gasteiger partial charge in [0, 0.05) is 23.1 Å². The lowest BCUT2D eigenvalue weighted by Gasteiger charge is -2.05. The zero-order valence-electron chi connectivity index (χ0n) is 16.0. The second-order valence-corrected chi connectivity index (χ2v) is 7.03. The highest BCUT2D eigenvalue weighted by Crippen LogP contribution is 2.29. The molecule has 0 saturated carbocycles. The topological polar surface area (TPSA) is 60.3 Å². The van der Waals surface area contributed by atoms with Crippen LogP contribution in [0, 0.1) is 11.6 Å². The molecule has 0 bridgehead atoms. The maximum Gasteiger partial charge on any atom is 0.336 e. The molecule has 0 aliphatic heterocycles. The molecule has 154 valence electrons. The van der Waals surface area contributed by atoms with Crippen LogP contribution in [0.2, 0.25) is 0 Å². The van der Waals surface area contributed by atoms with E-state index in [-0.39, 0.29) is 5.69 Å². The predicted molar refractivity (Wildman–Crippen MR) is 112 cm³/mol. The molecule has 8 heteroatoms. The minimum atomic E-state index is -1.05. The molecule has 1 aromatic heterocycles. The van der Waals surface area contributed by atoms with Crippen LogP contribution in [0.1, 0.15) is 18.2 Å². The maximum absolute atomic E-state index is 14.2. The zero-order chi connectivity index (χ0) is 21.3. The van der Waals surface area contributed by atoms with E-state index in [0.717, 1.165) is 29.5 Å². The van der Waals surface area contributed by atoms with Crippen molar-refractivity contribution in [3.05, 3.63) is 76.5 Å². The summed E-state index contributed by atoms with van der Waals surface area (Å²) in [6.07, 6.45) is 3.50. The minimum Gasteiger partial charge on any atom is -0.494 e. The lowest BCUT2D eigenvalue weighted by molar-refractivity contribution is -0.129. The fourth-order valence-electron chi connectivity index (χ4n) is 2.32. The van der Waals surface area contributed by atoms with Gasteiger partial charge in [-0.15, -0.1) is 11.3 Å². The van der Waals surface area contributed by atoms with Gasteiger partial charge < -0.3 is 9.47 Å². The van der Waals surface area contributed by atoms with Crippen LogP contribution in [0.5, 0.6) is 11.5 Å². The van der Waals surface area contributed by atoms with Crippen LogP contribution in [0.25, 0.3) is 6.08 Å². The van der Waals surface area contributed by atoms with E-state index in [2.05, 4.69) is 10.2 Å². The summed E-state index contributed by atoms with van der Waals surface area (Å²) < 4.78 is 38.7. The van der Waals surface area contributed by atoms with Crippen molar-refractivity contribution in [2.75, 3.05) is 6.61 Å². The van der Waals surface area contributed by atoms with Gasteiger partial charge in [-0.3, -0.25) is 0 Å². The Kier molecular flexibility index (Phi) is 7.40. The Balaban J connectivity index is 1.66. The first-order valence-electron chi connectivity index (χ1n) is 9.12. The molecule has 3 aromatic rings. The molecule has 5 nitrogen and oxygen atoms in total. The number of carbonyl (C=O) groups is 1. The predicted octanol–water partition coefficient (Wildman–Crippen LogP) is 6.85. The van der Waals surface area contributed by atoms with Gasteiger partial charge in [0.15, 0.2) is 11.6 Å². The van der Waals surface area contributed by atoms with Crippen LogP contribution in [0.15, 0.2) is 70.2 Å². The highest BCUT2D eigenvalue weighted by molar-refractivity contribution is 7.10. The summed E-state index contributed by atoms with van der Waals surface area (Å²) in [5.74, 6) is -3.07. The van der Waals surface area contributed by atoms with Crippen LogP contribution < -0.4 is 9.47 Å². The molecule has 0 radical (unpaired) electrons. The normalized spacial score (nSPS) is 11.3. The highest BCUT2D eigenvalue weighted by atomic mass is 32.1. The number of benzene rings is 2. The van der Waals surface area contributed by atoms with E-state index in [1.165, 1.54) is 17.4 Å². The van der Waals surface area contributed by atoms with Gasteiger partial charge in [-0.05, 0) is 48.2 Å². The molecule has 0 unspecified atom stereocenters. The highest BCUT2D eigenvalue weighted by Gasteiger charge is 2.15. The molecule has 2 aromatic carbocycles. The van der Waals surface area contributed by atoms with Crippen molar-refractivity contribution in [2.24, 2.45) is 10.2 Å². The summed E-state index contributed by atoms with van der Waals surface area (Å²) in [6.45, 7) is 2.62. The Hall–Kier alpha value is -3.39. The first-order chi connectivity index (χ1) is 14.5. The van der Waals surface area contributed by atoms with E-state index in [1.54, 1.807) is 30.3 Å². The molecule has 0 atom stereocenters. The van der Waals surface area contributed by atoms with Gasteiger partial charge in [0.1, 0.15) is 5.75 Å². The average molecular weight is 428 g/mol. The van der Waals surface area contributed by atoms with Crippen molar-refractivity contribution in [3.8, 4) is 11.5 Å². The van der Waals surface area contributed by atoms with Gasteiger partial charge in [0.2, 0.25) is 5.75 Å². The standard InChI is InChI=1S/C22H18F2N2O3S/c1-2-11-28-17-7-5-15(6-8-17)25-26-16-13-19(23)22(20(24)14-16)29-21(27)10-9-18-4-3-12-30-18/h3-10,12-14H,2,11H2,1H3/b10-9+,26-25?. The number of hydrogen-bond donors (Lipinski definition) is 0. The van der Waals surface area contributed by atoms with Crippen LogP contribution in [-0.2, 0) is 4.79 Å². The largest absolute Gasteiger partial charge is 0.494 e. The monoisotopic (exact) mass is 428 g/mol. The van der Waals surface area contributed by atoms with E-state index in [4.69, 9.17) is 9.47 Å². The molecule has 0 saturated heterocycles. The summed E-state index contributed by atoms with van der Waals surface area (Å²) in [5, 5.41) is 9.62. The summed E-state index contributed by atoms with van der Waals surface area (Å²) in [5.41, 5.74) is 0.444. The van der Waals surface area contributed by atoms with Crippen molar-refractivity contribution < 1.29 is 23.0 Å². The molecular formula is C22H18F2N2O3S. The number of esters is 1. The SMILES string of the molecule is CCCOc1ccc(N=Nc2cc(F)c(OC(=O)/C=C/c3cccs3)c(F)c2)cc1. The number of carbonyl (C=O) groups excluding carboxylic acids is 1. The van der Waals surface area contributed by atoms with Crippen molar-refractivity contribution in [3.63, 3.8) is 0 Å². The Morgan fingerprint density at radius 1 is 1.07 bits per heavy atom. The Labute approximate surface area is 176 Å². The average Bonchev–Trinajstić information content (AvgIpc) is 3.26. The van der Waals surface area contributed by atoms with Gasteiger partial charge in [0.25, 0.3) is 0 Å². The number of thiophene rings is 1. The summed E-state index contributed by atoms with van der Waals surface area (Å²) in [7, 11) is 0. The van der Waals surface area contributed by atoms with Crippen LogP contribution in [0.4, 0.5) is 20.2 Å². The third-order valence-corrected chi connectivity index (χ3v) is 4.54. The van der Waals surface area contributed by atoms with Crippen LogP contribution in [0.3, 0.4) is 0 Å². The lowest BCUT2D eigenvalue weighted by Crippen LogP contribution is -2.06. The molecule has 0 aliphatic carbocycles. The third kappa shape index (κ3) is 6.05. The number of azo groups is 1. The van der Waals surface area contributed by atoms with E-state index < -0.39 is 23.4 Å². The third-order valence-electron chi connectivity index (χ3n) is 3.70. The second kappa shape index (κ2) is 10.4. The number of hydrogen-bond acceptors (Lipinski definition) is 6. The van der Waals surface area contributed by atoms with E-state index in [9.17, 15) is 13.6 Å². The van der Waals surface area contributed by atoms with Crippen molar-refractivity contribution in [1.29, 1.82) is 0 Å². The van der Waals surface area contributed by atoms with E-state index in [1.807, 2.05) is 18.4 Å². The summed E-state index contributed by atoms with van der Waals surface area (Å²) in [4.78, 5) is 12.6. The minimum absolute atomic E-state index is 0.0507. The Morgan fingerprint density at radius 2 is 1.77 bits per heavy atom. The zero-order valence-corrected chi connectivity index (χ0v) is 16.9. The molecule has 3 rings (SSSR count). The smallest absolute Gasteiger partial charge is 0.336 e. The van der Waals surface area contributed by atoms with E-state index in [0.29, 0.717) is 18.0 Å². The molecule has 30 heavy (non-hydrogen) atoms. The summed E-state index contributed by atoms with van der Waals surface area (Å²) in [6, 6.07) is 12.3. The van der Waals surface area contributed by atoms with Gasteiger partial charge in [-0.2, -0.15) is 10.2 Å². The molecule has 0 aliphatic rings. The van der Waals surface area contributed by atoms with Gasteiger partial charge in [0.05, 0.1) is 18.0 Å². The number of nitrogens with zero attached hydrogens (tertiary/aromatic N) is 2. The maximum atomic E-state index is 14.2. The molecule has 0 amide bonds. The fourth-order valence-corrected chi connectivity index (χ4v) is 2.94. The summed E-state index contributed by atoms with van der Waals surface area (Å²) >= 11 is 1.41. The quantitative estimate of drug-likeness (QED) is 0.171. The molecular weight excluding hydrogens is 410 g/mol. The van der Waals surface area contributed by atoms with Crippen molar-refractivity contribution >= 4 is 34.8 Å². The van der Waals surface area contributed by atoms with Gasteiger partial charge in [-0.25, -0.2) is 13.6 Å².